The molecule has 1 rings (SSSR count). The zero-order valence-electron chi connectivity index (χ0n) is 9.75. The highest BCUT2D eigenvalue weighted by molar-refractivity contribution is 7.09. The van der Waals surface area contributed by atoms with Gasteiger partial charge >= 0.3 is 0 Å². The van der Waals surface area contributed by atoms with Gasteiger partial charge in [0.05, 0.1) is 24.4 Å². The quantitative estimate of drug-likeness (QED) is 0.723. The zero-order valence-corrected chi connectivity index (χ0v) is 10.6. The number of hydrogen-bond donors (Lipinski definition) is 1. The molecule has 0 aliphatic rings. The van der Waals surface area contributed by atoms with Crippen molar-refractivity contribution in [1.29, 1.82) is 0 Å². The second-order valence-corrected chi connectivity index (χ2v) is 4.79. The van der Waals surface area contributed by atoms with Crippen molar-refractivity contribution in [2.75, 3.05) is 26.8 Å². The Balaban J connectivity index is 2.09. The van der Waals surface area contributed by atoms with Crippen molar-refractivity contribution in [3.63, 3.8) is 0 Å². The van der Waals surface area contributed by atoms with Crippen molar-refractivity contribution in [2.24, 2.45) is 5.92 Å². The third-order valence-electron chi connectivity index (χ3n) is 2.27. The first-order valence-corrected chi connectivity index (χ1v) is 6.23. The van der Waals surface area contributed by atoms with E-state index < -0.39 is 0 Å². The Hall–Kier alpha value is -0.450. The maximum Gasteiger partial charge on any atom is 0.0797 e. The summed E-state index contributed by atoms with van der Waals surface area (Å²) in [5, 5.41) is 3.14. The number of ether oxygens (including phenoxy) is 1. The van der Waals surface area contributed by atoms with E-state index in [2.05, 4.69) is 24.1 Å². The van der Waals surface area contributed by atoms with Crippen LogP contribution in [-0.4, -0.2) is 31.8 Å². The van der Waals surface area contributed by atoms with Crippen molar-refractivity contribution in [3.8, 4) is 0 Å². The molecule has 1 N–H and O–H groups in total. The molecule has 0 saturated heterocycles. The van der Waals surface area contributed by atoms with Crippen molar-refractivity contribution in [3.05, 3.63) is 16.1 Å². The molecule has 0 aliphatic heterocycles. The average Bonchev–Trinajstić information content (AvgIpc) is 2.60. The normalized spacial score (nSPS) is 13.0. The molecule has 1 heterocycles. The maximum absolute atomic E-state index is 5.62. The molecule has 0 amide bonds. The van der Waals surface area contributed by atoms with Crippen LogP contribution in [0.2, 0.25) is 0 Å². The van der Waals surface area contributed by atoms with E-state index in [0.717, 1.165) is 31.9 Å². The van der Waals surface area contributed by atoms with Crippen LogP contribution in [0.3, 0.4) is 0 Å². The molecule has 1 unspecified atom stereocenters. The van der Waals surface area contributed by atoms with E-state index in [-0.39, 0.29) is 0 Å². The Kier molecular flexibility index (Phi) is 5.83. The Labute approximate surface area is 95.9 Å². The summed E-state index contributed by atoms with van der Waals surface area (Å²) in [6, 6.07) is 0. The summed E-state index contributed by atoms with van der Waals surface area (Å²) in [6.07, 6.45) is 0.989. The molecule has 4 heteroatoms. The zero-order chi connectivity index (χ0) is 11.1. The Bertz CT molecular complexity index is 275. The lowest BCUT2D eigenvalue weighted by molar-refractivity contribution is 0.108. The van der Waals surface area contributed by atoms with Crippen molar-refractivity contribution in [1.82, 2.24) is 10.3 Å². The first kappa shape index (κ1) is 12.6. The summed E-state index contributed by atoms with van der Waals surface area (Å²) in [5.74, 6) is 0.581. The number of nitrogens with one attached hydrogen (secondary N) is 1. The van der Waals surface area contributed by atoms with Gasteiger partial charge in [0.25, 0.3) is 0 Å². The minimum absolute atomic E-state index is 0.581. The Morgan fingerprint density at radius 2 is 2.40 bits per heavy atom. The van der Waals surface area contributed by atoms with E-state index in [4.69, 9.17) is 4.74 Å². The van der Waals surface area contributed by atoms with Gasteiger partial charge in [-0.15, -0.1) is 11.3 Å². The highest BCUT2D eigenvalue weighted by Crippen LogP contribution is 2.12. The highest BCUT2D eigenvalue weighted by Gasteiger charge is 2.03. The Morgan fingerprint density at radius 1 is 1.60 bits per heavy atom. The topological polar surface area (TPSA) is 34.1 Å². The van der Waals surface area contributed by atoms with Gasteiger partial charge in [0.1, 0.15) is 0 Å². The van der Waals surface area contributed by atoms with E-state index in [1.165, 1.54) is 4.88 Å². The minimum Gasteiger partial charge on any atom is -0.381 e. The largest absolute Gasteiger partial charge is 0.381 e. The maximum atomic E-state index is 5.62. The fraction of sp³-hybridized carbons (Fsp3) is 0.727. The van der Waals surface area contributed by atoms with Crippen LogP contribution in [-0.2, 0) is 11.2 Å². The molecule has 0 saturated carbocycles. The van der Waals surface area contributed by atoms with Crippen LogP contribution in [0.5, 0.6) is 0 Å². The summed E-state index contributed by atoms with van der Waals surface area (Å²) in [4.78, 5) is 5.56. The number of aryl methyl sites for hydroxylation is 1. The van der Waals surface area contributed by atoms with Crippen LogP contribution >= 0.6 is 11.3 Å². The van der Waals surface area contributed by atoms with Crippen molar-refractivity contribution in [2.45, 2.75) is 20.3 Å². The molecule has 1 aromatic rings. The average molecular weight is 228 g/mol. The molecular formula is C11H20N2OS. The lowest BCUT2D eigenvalue weighted by atomic mass is 10.2. The minimum atomic E-state index is 0.581. The van der Waals surface area contributed by atoms with Gasteiger partial charge in [-0.2, -0.15) is 0 Å². The van der Waals surface area contributed by atoms with Gasteiger partial charge < -0.3 is 10.1 Å². The van der Waals surface area contributed by atoms with Gasteiger partial charge in [-0.1, -0.05) is 6.92 Å². The SMILES string of the molecule is CNCC(C)COCCc1scnc1C. The van der Waals surface area contributed by atoms with Crippen LogP contribution < -0.4 is 5.32 Å². The number of nitrogens with zero attached hydrogens (tertiary/aromatic N) is 1. The summed E-state index contributed by atoms with van der Waals surface area (Å²) in [7, 11) is 1.97. The van der Waals surface area contributed by atoms with Crippen molar-refractivity contribution < 1.29 is 4.74 Å². The molecule has 0 spiro atoms. The smallest absolute Gasteiger partial charge is 0.0797 e. The molecule has 0 aromatic carbocycles. The number of rotatable bonds is 7. The fourth-order valence-corrected chi connectivity index (χ4v) is 2.19. The first-order chi connectivity index (χ1) is 7.24. The second-order valence-electron chi connectivity index (χ2n) is 3.85. The van der Waals surface area contributed by atoms with E-state index in [1.54, 1.807) is 11.3 Å². The first-order valence-electron chi connectivity index (χ1n) is 5.35. The van der Waals surface area contributed by atoms with Gasteiger partial charge in [0.2, 0.25) is 0 Å². The molecule has 15 heavy (non-hydrogen) atoms. The summed E-state index contributed by atoms with van der Waals surface area (Å²) in [5.41, 5.74) is 3.04. The molecule has 86 valence electrons. The summed E-state index contributed by atoms with van der Waals surface area (Å²) in [6.45, 7) is 6.89. The number of thiazole rings is 1. The lowest BCUT2D eigenvalue weighted by Gasteiger charge is -2.10. The van der Waals surface area contributed by atoms with Crippen LogP contribution in [0.4, 0.5) is 0 Å². The van der Waals surface area contributed by atoms with E-state index in [1.807, 2.05) is 12.6 Å². The van der Waals surface area contributed by atoms with Crippen LogP contribution in [0.1, 0.15) is 17.5 Å². The summed E-state index contributed by atoms with van der Waals surface area (Å²) < 4.78 is 5.62. The van der Waals surface area contributed by atoms with Gasteiger partial charge in [-0.25, -0.2) is 4.98 Å². The molecule has 3 nitrogen and oxygen atoms in total. The molecule has 0 bridgehead atoms. The molecule has 0 radical (unpaired) electrons. The lowest BCUT2D eigenvalue weighted by Crippen LogP contribution is -2.20. The molecule has 1 atom stereocenters. The van der Waals surface area contributed by atoms with Gasteiger partial charge in [0, 0.05) is 11.3 Å². The monoisotopic (exact) mass is 228 g/mol. The Morgan fingerprint density at radius 3 is 3.00 bits per heavy atom. The van der Waals surface area contributed by atoms with Gasteiger partial charge in [-0.05, 0) is 26.4 Å². The standard InChI is InChI=1S/C11H20N2OS/c1-9(6-12-3)7-14-5-4-11-10(2)13-8-15-11/h8-9,12H,4-7H2,1-3H3. The van der Waals surface area contributed by atoms with Gasteiger partial charge in [-0.3, -0.25) is 0 Å². The summed E-state index contributed by atoms with van der Waals surface area (Å²) >= 11 is 1.72. The van der Waals surface area contributed by atoms with Gasteiger partial charge in [0.15, 0.2) is 0 Å². The molecule has 1 aromatic heterocycles. The van der Waals surface area contributed by atoms with E-state index >= 15 is 0 Å². The number of aromatic nitrogens is 1. The van der Waals surface area contributed by atoms with Crippen LogP contribution in [0, 0.1) is 12.8 Å². The van der Waals surface area contributed by atoms with E-state index in [9.17, 15) is 0 Å². The molecular weight excluding hydrogens is 208 g/mol. The predicted octanol–water partition coefficient (Wildman–Crippen LogP) is 1.87. The predicted molar refractivity (Wildman–Crippen MR) is 64.5 cm³/mol. The van der Waals surface area contributed by atoms with Crippen LogP contribution in [0.25, 0.3) is 0 Å². The number of hydrogen-bond acceptors (Lipinski definition) is 4. The third kappa shape index (κ3) is 4.73. The molecule has 0 fully saturated rings. The highest BCUT2D eigenvalue weighted by atomic mass is 32.1. The third-order valence-corrected chi connectivity index (χ3v) is 3.27. The second kappa shape index (κ2) is 6.93. The van der Waals surface area contributed by atoms with Crippen LogP contribution in [0.15, 0.2) is 5.51 Å². The fourth-order valence-electron chi connectivity index (χ4n) is 1.42. The molecule has 0 aliphatic carbocycles. The van der Waals surface area contributed by atoms with Crippen molar-refractivity contribution >= 4 is 11.3 Å². The van der Waals surface area contributed by atoms with E-state index in [0.29, 0.717) is 5.92 Å².